The number of carbonyl (C=O) groups is 1. The van der Waals surface area contributed by atoms with E-state index in [1.165, 1.54) is 6.42 Å². The van der Waals surface area contributed by atoms with Gasteiger partial charge in [0.2, 0.25) is 5.91 Å². The molecule has 1 saturated heterocycles. The Morgan fingerprint density at radius 1 is 1.53 bits per heavy atom. The van der Waals surface area contributed by atoms with Gasteiger partial charge in [0, 0.05) is 6.54 Å². The molecule has 0 spiro atoms. The molecule has 1 amide bonds. The van der Waals surface area contributed by atoms with Crippen molar-refractivity contribution in [1.82, 2.24) is 10.6 Å². The summed E-state index contributed by atoms with van der Waals surface area (Å²) in [7, 11) is 0. The van der Waals surface area contributed by atoms with E-state index in [0.717, 1.165) is 19.4 Å². The van der Waals surface area contributed by atoms with Gasteiger partial charge in [-0.05, 0) is 33.2 Å². The largest absolute Gasteiger partial charge is 0.377 e. The first-order valence-electron chi connectivity index (χ1n) is 5.83. The van der Waals surface area contributed by atoms with Crippen LogP contribution in [-0.2, 0) is 9.53 Å². The molecule has 15 heavy (non-hydrogen) atoms. The van der Waals surface area contributed by atoms with Gasteiger partial charge in [-0.2, -0.15) is 0 Å². The van der Waals surface area contributed by atoms with Crippen molar-refractivity contribution in [1.29, 1.82) is 0 Å². The van der Waals surface area contributed by atoms with Crippen molar-refractivity contribution in [2.45, 2.75) is 45.3 Å². The van der Waals surface area contributed by atoms with E-state index in [9.17, 15) is 4.79 Å². The smallest absolute Gasteiger partial charge is 0.237 e. The first kappa shape index (κ1) is 12.5. The third-order valence-corrected chi connectivity index (χ3v) is 2.48. The van der Waals surface area contributed by atoms with Gasteiger partial charge in [-0.25, -0.2) is 0 Å². The van der Waals surface area contributed by atoms with Crippen molar-refractivity contribution in [2.75, 3.05) is 19.7 Å². The van der Waals surface area contributed by atoms with Crippen LogP contribution in [-0.4, -0.2) is 37.7 Å². The fourth-order valence-corrected chi connectivity index (χ4v) is 1.67. The lowest BCUT2D eigenvalue weighted by Gasteiger charge is -2.22. The lowest BCUT2D eigenvalue weighted by atomic mass is 10.0. The lowest BCUT2D eigenvalue weighted by molar-refractivity contribution is -0.124. The van der Waals surface area contributed by atoms with Crippen molar-refractivity contribution in [3.05, 3.63) is 0 Å². The first-order chi connectivity index (χ1) is 7.20. The number of hydrogen-bond donors (Lipinski definition) is 2. The highest BCUT2D eigenvalue weighted by atomic mass is 16.5. The Morgan fingerprint density at radius 2 is 2.33 bits per heavy atom. The van der Waals surface area contributed by atoms with Crippen molar-refractivity contribution < 1.29 is 9.53 Å². The summed E-state index contributed by atoms with van der Waals surface area (Å²) in [5.74, 6) is 0.113. The average molecular weight is 214 g/mol. The molecule has 0 bridgehead atoms. The highest BCUT2D eigenvalue weighted by molar-refractivity contribution is 5.81. The Kier molecular flexibility index (Phi) is 5.65. The molecule has 0 aromatic carbocycles. The molecule has 0 saturated carbocycles. The van der Waals surface area contributed by atoms with Gasteiger partial charge in [0.1, 0.15) is 0 Å². The van der Waals surface area contributed by atoms with Crippen LogP contribution in [0.4, 0.5) is 0 Å². The van der Waals surface area contributed by atoms with Crippen molar-refractivity contribution in [3.8, 4) is 0 Å². The first-order valence-corrected chi connectivity index (χ1v) is 5.83. The summed E-state index contributed by atoms with van der Waals surface area (Å²) >= 11 is 0. The molecule has 88 valence electrons. The molecule has 4 heteroatoms. The van der Waals surface area contributed by atoms with Crippen molar-refractivity contribution in [3.63, 3.8) is 0 Å². The maximum atomic E-state index is 11.6. The van der Waals surface area contributed by atoms with Crippen LogP contribution in [0.5, 0.6) is 0 Å². The summed E-state index contributed by atoms with van der Waals surface area (Å²) in [5.41, 5.74) is 0. The molecule has 0 aromatic heterocycles. The molecule has 1 fully saturated rings. The number of piperidine rings is 1. The van der Waals surface area contributed by atoms with Gasteiger partial charge in [-0.1, -0.05) is 6.42 Å². The van der Waals surface area contributed by atoms with Gasteiger partial charge in [0.15, 0.2) is 0 Å². The maximum absolute atomic E-state index is 11.6. The van der Waals surface area contributed by atoms with Crippen LogP contribution in [0.25, 0.3) is 0 Å². The minimum Gasteiger partial charge on any atom is -0.377 e. The Morgan fingerprint density at radius 3 is 2.93 bits per heavy atom. The van der Waals surface area contributed by atoms with E-state index >= 15 is 0 Å². The Balaban J connectivity index is 2.07. The Hall–Kier alpha value is -0.610. The number of amides is 1. The monoisotopic (exact) mass is 214 g/mol. The summed E-state index contributed by atoms with van der Waals surface area (Å²) in [6.07, 6.45) is 3.51. The highest BCUT2D eigenvalue weighted by Gasteiger charge is 2.19. The second kappa shape index (κ2) is 6.80. The van der Waals surface area contributed by atoms with E-state index in [4.69, 9.17) is 4.74 Å². The molecule has 1 heterocycles. The van der Waals surface area contributed by atoms with Crippen molar-refractivity contribution in [2.24, 2.45) is 0 Å². The molecule has 1 atom stereocenters. The zero-order valence-electron chi connectivity index (χ0n) is 9.71. The number of ether oxygens (including phenoxy) is 1. The normalized spacial score (nSPS) is 21.7. The van der Waals surface area contributed by atoms with Crippen LogP contribution in [0.2, 0.25) is 0 Å². The zero-order chi connectivity index (χ0) is 11.1. The number of carbonyl (C=O) groups excluding carboxylic acids is 1. The predicted molar refractivity (Wildman–Crippen MR) is 59.7 cm³/mol. The Labute approximate surface area is 91.8 Å². The lowest BCUT2D eigenvalue weighted by Crippen LogP contribution is -2.47. The summed E-state index contributed by atoms with van der Waals surface area (Å²) in [5, 5.41) is 6.10. The second-order valence-corrected chi connectivity index (χ2v) is 4.21. The van der Waals surface area contributed by atoms with Crippen LogP contribution in [0.15, 0.2) is 0 Å². The highest BCUT2D eigenvalue weighted by Crippen LogP contribution is 2.06. The minimum atomic E-state index is 0.0119. The van der Waals surface area contributed by atoms with E-state index in [0.29, 0.717) is 13.2 Å². The van der Waals surface area contributed by atoms with Gasteiger partial charge < -0.3 is 15.4 Å². The molecule has 0 radical (unpaired) electrons. The molecule has 1 aliphatic rings. The van der Waals surface area contributed by atoms with Gasteiger partial charge in [0.05, 0.1) is 18.8 Å². The van der Waals surface area contributed by atoms with Gasteiger partial charge >= 0.3 is 0 Å². The van der Waals surface area contributed by atoms with E-state index in [1.807, 2.05) is 13.8 Å². The molecular weight excluding hydrogens is 192 g/mol. The average Bonchev–Trinajstić information content (AvgIpc) is 2.25. The summed E-state index contributed by atoms with van der Waals surface area (Å²) < 4.78 is 5.34. The van der Waals surface area contributed by atoms with Gasteiger partial charge in [0.25, 0.3) is 0 Å². The SMILES string of the molecule is CC(C)OCCNC(=O)C1CCCCN1. The van der Waals surface area contributed by atoms with Gasteiger partial charge in [-0.15, -0.1) is 0 Å². The van der Waals surface area contributed by atoms with E-state index in [2.05, 4.69) is 10.6 Å². The molecular formula is C11H22N2O2. The fraction of sp³-hybridized carbons (Fsp3) is 0.909. The third-order valence-electron chi connectivity index (χ3n) is 2.48. The van der Waals surface area contributed by atoms with Crippen LogP contribution in [0.3, 0.4) is 0 Å². The third kappa shape index (κ3) is 5.14. The Bertz CT molecular complexity index is 189. The van der Waals surface area contributed by atoms with Crippen LogP contribution >= 0.6 is 0 Å². The fourth-order valence-electron chi connectivity index (χ4n) is 1.67. The topological polar surface area (TPSA) is 50.4 Å². The second-order valence-electron chi connectivity index (χ2n) is 4.21. The molecule has 0 aliphatic carbocycles. The van der Waals surface area contributed by atoms with Crippen LogP contribution < -0.4 is 10.6 Å². The van der Waals surface area contributed by atoms with E-state index in [1.54, 1.807) is 0 Å². The molecule has 1 rings (SSSR count). The molecule has 2 N–H and O–H groups in total. The van der Waals surface area contributed by atoms with Crippen LogP contribution in [0, 0.1) is 0 Å². The minimum absolute atomic E-state index is 0.0119. The summed E-state index contributed by atoms with van der Waals surface area (Å²) in [6.45, 7) is 6.14. The van der Waals surface area contributed by atoms with Crippen LogP contribution in [0.1, 0.15) is 33.1 Å². The summed E-state index contributed by atoms with van der Waals surface area (Å²) in [6, 6.07) is 0.0119. The maximum Gasteiger partial charge on any atom is 0.237 e. The zero-order valence-corrected chi connectivity index (χ0v) is 9.71. The van der Waals surface area contributed by atoms with E-state index < -0.39 is 0 Å². The molecule has 4 nitrogen and oxygen atoms in total. The molecule has 1 aliphatic heterocycles. The number of nitrogens with one attached hydrogen (secondary N) is 2. The van der Waals surface area contributed by atoms with Gasteiger partial charge in [-0.3, -0.25) is 4.79 Å². The van der Waals surface area contributed by atoms with Crippen molar-refractivity contribution >= 4 is 5.91 Å². The number of rotatable bonds is 5. The molecule has 0 aromatic rings. The predicted octanol–water partition coefficient (Wildman–Crippen LogP) is 0.670. The quantitative estimate of drug-likeness (QED) is 0.661. The standard InChI is InChI=1S/C11H22N2O2/c1-9(2)15-8-7-13-11(14)10-5-3-4-6-12-10/h9-10,12H,3-8H2,1-2H3,(H,13,14). The molecule has 1 unspecified atom stereocenters. The van der Waals surface area contributed by atoms with E-state index in [-0.39, 0.29) is 18.1 Å². The summed E-state index contributed by atoms with van der Waals surface area (Å²) in [4.78, 5) is 11.6. The number of hydrogen-bond acceptors (Lipinski definition) is 3.